The van der Waals surface area contributed by atoms with E-state index in [1.54, 1.807) is 11.3 Å². The number of nitrogens with zero attached hydrogens (tertiary/aromatic N) is 2. The summed E-state index contributed by atoms with van der Waals surface area (Å²) in [4.78, 5) is 7.83. The Morgan fingerprint density at radius 2 is 2.17 bits per heavy atom. The highest BCUT2D eigenvalue weighted by molar-refractivity contribution is 7.09. The van der Waals surface area contributed by atoms with E-state index in [9.17, 15) is 0 Å². The number of nitrogens with one attached hydrogen (secondary N) is 1. The van der Waals surface area contributed by atoms with E-state index in [-0.39, 0.29) is 0 Å². The first-order valence-electron chi connectivity index (χ1n) is 8.06. The Morgan fingerprint density at radius 1 is 1.29 bits per heavy atom. The smallest absolute Gasteiger partial charge is 0.188 e. The van der Waals surface area contributed by atoms with Crippen LogP contribution >= 0.6 is 11.3 Å². The van der Waals surface area contributed by atoms with Crippen LogP contribution in [-0.2, 0) is 13.0 Å². The lowest BCUT2D eigenvalue weighted by Gasteiger charge is -2.11. The van der Waals surface area contributed by atoms with Crippen LogP contribution in [0.25, 0.3) is 0 Å². The summed E-state index contributed by atoms with van der Waals surface area (Å²) in [5.74, 6) is 1.35. The number of hydrogen-bond donors (Lipinski definition) is 2. The molecule has 0 atom stereocenters. The number of hydrogen-bond acceptors (Lipinski definition) is 4. The van der Waals surface area contributed by atoms with E-state index in [1.807, 2.05) is 38.4 Å². The number of nitrogens with two attached hydrogens (primary N) is 1. The second kappa shape index (κ2) is 9.95. The summed E-state index contributed by atoms with van der Waals surface area (Å²) in [5.41, 5.74) is 7.00. The molecule has 3 N–H and O–H groups in total. The highest BCUT2D eigenvalue weighted by Crippen LogP contribution is 2.14. The molecule has 2 aromatic rings. The third kappa shape index (κ3) is 7.02. The van der Waals surface area contributed by atoms with Gasteiger partial charge in [0.15, 0.2) is 5.96 Å². The number of aliphatic imine (C=N–C) groups is 1. The van der Waals surface area contributed by atoms with Crippen molar-refractivity contribution < 1.29 is 4.74 Å². The highest BCUT2D eigenvalue weighted by Gasteiger charge is 1.99. The summed E-state index contributed by atoms with van der Waals surface area (Å²) >= 11 is 1.76. The normalized spacial score (nSPS) is 11.7. The van der Waals surface area contributed by atoms with E-state index in [2.05, 4.69) is 32.7 Å². The maximum atomic E-state index is 5.92. The van der Waals surface area contributed by atoms with Gasteiger partial charge in [0.1, 0.15) is 12.4 Å². The Morgan fingerprint density at radius 3 is 2.92 bits per heavy atom. The largest absolute Gasteiger partial charge is 0.492 e. The monoisotopic (exact) mass is 346 g/mol. The minimum absolute atomic E-state index is 0.477. The molecule has 24 heavy (non-hydrogen) atoms. The first kappa shape index (κ1) is 18.3. The third-order valence-corrected chi connectivity index (χ3v) is 4.33. The van der Waals surface area contributed by atoms with E-state index < -0.39 is 0 Å². The molecule has 1 aromatic heterocycles. The van der Waals surface area contributed by atoms with Crippen LogP contribution in [0, 0.1) is 0 Å². The van der Waals surface area contributed by atoms with Crippen LogP contribution in [0.3, 0.4) is 0 Å². The molecular weight excluding hydrogens is 320 g/mol. The molecule has 0 spiro atoms. The van der Waals surface area contributed by atoms with E-state index in [1.165, 1.54) is 4.88 Å². The van der Waals surface area contributed by atoms with Crippen LogP contribution < -0.4 is 15.8 Å². The summed E-state index contributed by atoms with van der Waals surface area (Å²) < 4.78 is 5.73. The number of likely N-dealkylation sites (N-methyl/N-ethyl adjacent to an activating group) is 1. The second-order valence-corrected chi connectivity index (χ2v) is 6.79. The van der Waals surface area contributed by atoms with Gasteiger partial charge in [-0.25, -0.2) is 4.99 Å². The molecule has 6 heteroatoms. The molecule has 130 valence electrons. The molecule has 0 aliphatic rings. The van der Waals surface area contributed by atoms with E-state index in [4.69, 9.17) is 10.5 Å². The molecular formula is C18H26N4OS. The van der Waals surface area contributed by atoms with Crippen molar-refractivity contribution in [3.05, 3.63) is 52.2 Å². The van der Waals surface area contributed by atoms with Crippen molar-refractivity contribution in [2.75, 3.05) is 33.8 Å². The number of rotatable bonds is 9. The SMILES string of the molecule is CN(C)CCOc1cccc(CN=C(N)NCCc2cccs2)c1. The third-order valence-electron chi connectivity index (χ3n) is 3.40. The summed E-state index contributed by atoms with van der Waals surface area (Å²) in [7, 11) is 4.06. The Balaban J connectivity index is 1.75. The zero-order chi connectivity index (χ0) is 17.2. The van der Waals surface area contributed by atoms with Gasteiger partial charge in [0.05, 0.1) is 6.54 Å². The van der Waals surface area contributed by atoms with Gasteiger partial charge in [0.2, 0.25) is 0 Å². The molecule has 0 saturated heterocycles. The second-order valence-electron chi connectivity index (χ2n) is 5.76. The Bertz CT molecular complexity index is 626. The molecule has 5 nitrogen and oxygen atoms in total. The van der Waals surface area contributed by atoms with Crippen LogP contribution in [0.5, 0.6) is 5.75 Å². The van der Waals surface area contributed by atoms with Crippen molar-refractivity contribution in [3.63, 3.8) is 0 Å². The van der Waals surface area contributed by atoms with Crippen molar-refractivity contribution in [2.45, 2.75) is 13.0 Å². The quantitative estimate of drug-likeness (QED) is 0.540. The van der Waals surface area contributed by atoms with Crippen LogP contribution in [-0.4, -0.2) is 44.7 Å². The molecule has 0 saturated carbocycles. The molecule has 1 aromatic carbocycles. The average molecular weight is 346 g/mol. The van der Waals surface area contributed by atoms with Gasteiger partial charge in [-0.3, -0.25) is 0 Å². The number of ether oxygens (including phenoxy) is 1. The molecule has 0 bridgehead atoms. The van der Waals surface area contributed by atoms with Crippen molar-refractivity contribution in [3.8, 4) is 5.75 Å². The fraction of sp³-hybridized carbons (Fsp3) is 0.389. The highest BCUT2D eigenvalue weighted by atomic mass is 32.1. The molecule has 0 fully saturated rings. The van der Waals surface area contributed by atoms with Crippen LogP contribution in [0.15, 0.2) is 46.8 Å². The fourth-order valence-electron chi connectivity index (χ4n) is 2.08. The zero-order valence-electron chi connectivity index (χ0n) is 14.4. The average Bonchev–Trinajstić information content (AvgIpc) is 3.06. The first-order valence-corrected chi connectivity index (χ1v) is 8.94. The Hall–Kier alpha value is -2.05. The van der Waals surface area contributed by atoms with Gasteiger partial charge in [-0.1, -0.05) is 18.2 Å². The van der Waals surface area contributed by atoms with Crippen molar-refractivity contribution in [1.82, 2.24) is 10.2 Å². The van der Waals surface area contributed by atoms with Gasteiger partial charge in [-0.05, 0) is 49.7 Å². The van der Waals surface area contributed by atoms with Crippen molar-refractivity contribution in [2.24, 2.45) is 10.7 Å². The Kier molecular flexibility index (Phi) is 7.58. The summed E-state index contributed by atoms with van der Waals surface area (Å²) in [6.45, 7) is 2.90. The molecule has 1 heterocycles. The minimum atomic E-state index is 0.477. The zero-order valence-corrected chi connectivity index (χ0v) is 15.2. The number of guanidine groups is 1. The molecule has 0 amide bonds. The van der Waals surface area contributed by atoms with Crippen molar-refractivity contribution in [1.29, 1.82) is 0 Å². The number of thiophene rings is 1. The van der Waals surface area contributed by atoms with Crippen LogP contribution in [0.1, 0.15) is 10.4 Å². The lowest BCUT2D eigenvalue weighted by molar-refractivity contribution is 0.261. The van der Waals surface area contributed by atoms with Crippen molar-refractivity contribution >= 4 is 17.3 Å². The van der Waals surface area contributed by atoms with Gasteiger partial charge in [-0.15, -0.1) is 11.3 Å². The summed E-state index contributed by atoms with van der Waals surface area (Å²) in [5, 5.41) is 5.23. The van der Waals surface area contributed by atoms with Gasteiger partial charge in [0, 0.05) is 18.0 Å². The lowest BCUT2D eigenvalue weighted by Crippen LogP contribution is -2.33. The maximum Gasteiger partial charge on any atom is 0.188 e. The molecule has 2 rings (SSSR count). The molecule has 0 radical (unpaired) electrons. The van der Waals surface area contributed by atoms with Gasteiger partial charge >= 0.3 is 0 Å². The molecule has 0 aliphatic carbocycles. The van der Waals surface area contributed by atoms with Gasteiger partial charge in [-0.2, -0.15) is 0 Å². The first-order chi connectivity index (χ1) is 11.6. The molecule has 0 unspecified atom stereocenters. The number of benzene rings is 1. The Labute approximate surface area is 148 Å². The van der Waals surface area contributed by atoms with Crippen LogP contribution in [0.4, 0.5) is 0 Å². The lowest BCUT2D eigenvalue weighted by atomic mass is 10.2. The fourth-order valence-corrected chi connectivity index (χ4v) is 2.79. The predicted octanol–water partition coefficient (Wildman–Crippen LogP) is 2.34. The van der Waals surface area contributed by atoms with Gasteiger partial charge < -0.3 is 20.7 Å². The summed E-state index contributed by atoms with van der Waals surface area (Å²) in [6.07, 6.45) is 0.961. The summed E-state index contributed by atoms with van der Waals surface area (Å²) in [6, 6.07) is 12.2. The van der Waals surface area contributed by atoms with Gasteiger partial charge in [0.25, 0.3) is 0 Å². The standard InChI is InChI=1S/C18H26N4OS/c1-22(2)10-11-23-16-6-3-5-15(13-16)14-21-18(19)20-9-8-17-7-4-12-24-17/h3-7,12-13H,8-11,14H2,1-2H3,(H3,19,20,21). The maximum absolute atomic E-state index is 5.92. The van der Waals surface area contributed by atoms with E-state index in [0.29, 0.717) is 19.1 Å². The predicted molar refractivity (Wildman–Crippen MR) is 102 cm³/mol. The minimum Gasteiger partial charge on any atom is -0.492 e. The molecule has 0 aliphatic heterocycles. The topological polar surface area (TPSA) is 62.9 Å². The van der Waals surface area contributed by atoms with E-state index in [0.717, 1.165) is 30.8 Å². The van der Waals surface area contributed by atoms with Crippen LogP contribution in [0.2, 0.25) is 0 Å². The van der Waals surface area contributed by atoms with E-state index >= 15 is 0 Å².